The van der Waals surface area contributed by atoms with E-state index in [0.29, 0.717) is 12.7 Å². The van der Waals surface area contributed by atoms with E-state index >= 15 is 0 Å². The maximum absolute atomic E-state index is 5.82. The first kappa shape index (κ1) is 15.0. The van der Waals surface area contributed by atoms with Crippen molar-refractivity contribution in [2.24, 2.45) is 0 Å². The minimum atomic E-state index is 0.301. The van der Waals surface area contributed by atoms with Crippen LogP contribution in [0.1, 0.15) is 32.3 Å². The van der Waals surface area contributed by atoms with Crippen LogP contribution in [0.15, 0.2) is 24.3 Å². The lowest BCUT2D eigenvalue weighted by atomic mass is 10.2. The van der Waals surface area contributed by atoms with Crippen LogP contribution >= 0.6 is 0 Å². The van der Waals surface area contributed by atoms with Gasteiger partial charge in [-0.15, -0.1) is 0 Å². The smallest absolute Gasteiger partial charge is 0.119 e. The topological polar surface area (TPSA) is 30.5 Å². The van der Waals surface area contributed by atoms with E-state index in [4.69, 9.17) is 9.47 Å². The second-order valence-corrected chi connectivity index (χ2v) is 4.47. The zero-order valence-electron chi connectivity index (χ0n) is 11.7. The molecule has 3 nitrogen and oxygen atoms in total. The van der Waals surface area contributed by atoms with E-state index in [9.17, 15) is 0 Å². The van der Waals surface area contributed by atoms with Gasteiger partial charge in [0, 0.05) is 0 Å². The van der Waals surface area contributed by atoms with Crippen molar-refractivity contribution in [3.05, 3.63) is 29.8 Å². The Morgan fingerprint density at radius 2 is 2.17 bits per heavy atom. The molecule has 0 amide bonds. The van der Waals surface area contributed by atoms with Crippen LogP contribution in [-0.4, -0.2) is 26.3 Å². The van der Waals surface area contributed by atoms with E-state index in [-0.39, 0.29) is 0 Å². The number of methoxy groups -OCH3 is 1. The molecule has 0 radical (unpaired) electrons. The molecule has 1 aromatic rings. The number of benzene rings is 1. The molecular weight excluding hydrogens is 226 g/mol. The molecule has 1 unspecified atom stereocenters. The maximum Gasteiger partial charge on any atom is 0.119 e. The molecule has 1 aromatic carbocycles. The number of hydrogen-bond acceptors (Lipinski definition) is 3. The van der Waals surface area contributed by atoms with Gasteiger partial charge in [0.1, 0.15) is 5.75 Å². The quantitative estimate of drug-likeness (QED) is 0.684. The van der Waals surface area contributed by atoms with E-state index < -0.39 is 0 Å². The third kappa shape index (κ3) is 6.03. The third-order valence-electron chi connectivity index (χ3n) is 2.88. The number of ether oxygens (including phenoxy) is 2. The van der Waals surface area contributed by atoms with Crippen LogP contribution in [0.3, 0.4) is 0 Å². The summed E-state index contributed by atoms with van der Waals surface area (Å²) in [5.41, 5.74) is 1.16. The standard InChI is InChI=1S/C15H25NO2/c1-4-16-10-6-7-13(2)18-12-14-8-5-9-15(11-14)17-3/h5,8-9,11,13,16H,4,6-7,10,12H2,1-3H3. The highest BCUT2D eigenvalue weighted by molar-refractivity contribution is 5.27. The fourth-order valence-electron chi connectivity index (χ4n) is 1.78. The van der Waals surface area contributed by atoms with Crippen LogP contribution < -0.4 is 10.1 Å². The molecule has 0 aliphatic heterocycles. The summed E-state index contributed by atoms with van der Waals surface area (Å²) < 4.78 is 11.0. The zero-order chi connectivity index (χ0) is 13.2. The highest BCUT2D eigenvalue weighted by Gasteiger charge is 2.03. The van der Waals surface area contributed by atoms with Crippen LogP contribution in [0, 0.1) is 0 Å². The van der Waals surface area contributed by atoms with Crippen molar-refractivity contribution in [2.45, 2.75) is 39.4 Å². The van der Waals surface area contributed by atoms with E-state index in [1.54, 1.807) is 7.11 Å². The van der Waals surface area contributed by atoms with Crippen molar-refractivity contribution in [2.75, 3.05) is 20.2 Å². The molecule has 0 spiro atoms. The van der Waals surface area contributed by atoms with Gasteiger partial charge < -0.3 is 14.8 Å². The SMILES string of the molecule is CCNCCCC(C)OCc1cccc(OC)c1. The summed E-state index contributed by atoms with van der Waals surface area (Å²) in [6.45, 7) is 7.02. The van der Waals surface area contributed by atoms with Crippen molar-refractivity contribution in [1.82, 2.24) is 5.32 Å². The zero-order valence-corrected chi connectivity index (χ0v) is 11.7. The summed E-state index contributed by atoms with van der Waals surface area (Å²) in [5, 5.41) is 3.32. The Bertz CT molecular complexity index is 328. The molecule has 0 bridgehead atoms. The fourth-order valence-corrected chi connectivity index (χ4v) is 1.78. The van der Waals surface area contributed by atoms with Gasteiger partial charge in [0.15, 0.2) is 0 Å². The third-order valence-corrected chi connectivity index (χ3v) is 2.88. The lowest BCUT2D eigenvalue weighted by molar-refractivity contribution is 0.0463. The lowest BCUT2D eigenvalue weighted by Gasteiger charge is -2.13. The molecule has 1 rings (SSSR count). The monoisotopic (exact) mass is 251 g/mol. The first-order chi connectivity index (χ1) is 8.76. The Labute approximate surface area is 110 Å². The fraction of sp³-hybridized carbons (Fsp3) is 0.600. The first-order valence-corrected chi connectivity index (χ1v) is 6.71. The van der Waals surface area contributed by atoms with E-state index in [0.717, 1.165) is 37.2 Å². The maximum atomic E-state index is 5.82. The van der Waals surface area contributed by atoms with Gasteiger partial charge in [-0.05, 0) is 50.6 Å². The summed E-state index contributed by atoms with van der Waals surface area (Å²) in [6, 6.07) is 8.02. The predicted molar refractivity (Wildman–Crippen MR) is 75.0 cm³/mol. The minimum absolute atomic E-state index is 0.301. The molecule has 1 N–H and O–H groups in total. The van der Waals surface area contributed by atoms with Gasteiger partial charge in [-0.2, -0.15) is 0 Å². The Morgan fingerprint density at radius 1 is 1.33 bits per heavy atom. The predicted octanol–water partition coefficient (Wildman–Crippen LogP) is 2.99. The Balaban J connectivity index is 2.22. The van der Waals surface area contributed by atoms with Gasteiger partial charge in [0.25, 0.3) is 0 Å². The number of nitrogens with one attached hydrogen (secondary N) is 1. The lowest BCUT2D eigenvalue weighted by Crippen LogP contribution is -2.16. The van der Waals surface area contributed by atoms with E-state index in [2.05, 4.69) is 25.2 Å². The average Bonchev–Trinajstić information content (AvgIpc) is 2.41. The number of rotatable bonds is 9. The van der Waals surface area contributed by atoms with Crippen molar-refractivity contribution in [3.63, 3.8) is 0 Å². The molecule has 0 saturated heterocycles. The van der Waals surface area contributed by atoms with Gasteiger partial charge in [-0.1, -0.05) is 19.1 Å². The first-order valence-electron chi connectivity index (χ1n) is 6.71. The molecule has 0 aliphatic rings. The van der Waals surface area contributed by atoms with Crippen LogP contribution in [0.2, 0.25) is 0 Å². The van der Waals surface area contributed by atoms with E-state index in [1.165, 1.54) is 0 Å². The van der Waals surface area contributed by atoms with Crippen LogP contribution in [-0.2, 0) is 11.3 Å². The molecular formula is C15H25NO2. The Morgan fingerprint density at radius 3 is 2.89 bits per heavy atom. The molecule has 0 saturated carbocycles. The van der Waals surface area contributed by atoms with Crippen LogP contribution in [0.4, 0.5) is 0 Å². The summed E-state index contributed by atoms with van der Waals surface area (Å²) >= 11 is 0. The molecule has 102 valence electrons. The van der Waals surface area contributed by atoms with Gasteiger partial charge in [0.2, 0.25) is 0 Å². The summed E-state index contributed by atoms with van der Waals surface area (Å²) in [4.78, 5) is 0. The Hall–Kier alpha value is -1.06. The second kappa shape index (κ2) is 8.95. The summed E-state index contributed by atoms with van der Waals surface area (Å²) in [7, 11) is 1.68. The van der Waals surface area contributed by atoms with E-state index in [1.807, 2.05) is 18.2 Å². The summed E-state index contributed by atoms with van der Waals surface area (Å²) in [5.74, 6) is 0.885. The van der Waals surface area contributed by atoms with Crippen molar-refractivity contribution in [3.8, 4) is 5.75 Å². The molecule has 0 heterocycles. The normalized spacial score (nSPS) is 12.4. The van der Waals surface area contributed by atoms with Crippen LogP contribution in [0.5, 0.6) is 5.75 Å². The average molecular weight is 251 g/mol. The van der Waals surface area contributed by atoms with Crippen molar-refractivity contribution in [1.29, 1.82) is 0 Å². The van der Waals surface area contributed by atoms with Crippen molar-refractivity contribution < 1.29 is 9.47 Å². The molecule has 1 atom stereocenters. The molecule has 0 aromatic heterocycles. The van der Waals surface area contributed by atoms with Crippen molar-refractivity contribution >= 4 is 0 Å². The molecule has 3 heteroatoms. The number of hydrogen-bond donors (Lipinski definition) is 1. The van der Waals surface area contributed by atoms with Gasteiger partial charge in [-0.25, -0.2) is 0 Å². The second-order valence-electron chi connectivity index (χ2n) is 4.47. The van der Waals surface area contributed by atoms with Crippen LogP contribution in [0.25, 0.3) is 0 Å². The summed E-state index contributed by atoms with van der Waals surface area (Å²) in [6.07, 6.45) is 2.55. The highest BCUT2D eigenvalue weighted by atomic mass is 16.5. The Kier molecular flexibility index (Phi) is 7.46. The molecule has 0 aliphatic carbocycles. The minimum Gasteiger partial charge on any atom is -0.497 e. The van der Waals surface area contributed by atoms with Gasteiger partial charge in [-0.3, -0.25) is 0 Å². The highest BCUT2D eigenvalue weighted by Crippen LogP contribution is 2.14. The van der Waals surface area contributed by atoms with Gasteiger partial charge in [0.05, 0.1) is 19.8 Å². The molecule has 18 heavy (non-hydrogen) atoms. The van der Waals surface area contributed by atoms with Gasteiger partial charge >= 0.3 is 0 Å². The largest absolute Gasteiger partial charge is 0.497 e. The molecule has 0 fully saturated rings.